The number of nitrogens with zero attached hydrogens (tertiary/aromatic N) is 3. The summed E-state index contributed by atoms with van der Waals surface area (Å²) in [4.78, 5) is 15.1. The Hall–Kier alpha value is -2.29. The molecule has 0 radical (unpaired) electrons. The maximum Gasteiger partial charge on any atom is 0.239 e. The fourth-order valence-electron chi connectivity index (χ4n) is 4.68. The monoisotopic (exact) mass is 428 g/mol. The normalized spacial score (nSPS) is 25.1. The number of benzene rings is 1. The van der Waals surface area contributed by atoms with Gasteiger partial charge in [-0.1, -0.05) is 26.0 Å². The molecule has 0 bridgehead atoms. The number of hydrogen-bond donors (Lipinski definition) is 3. The SMILES string of the molecule is CCC1NNC(C(=O)NC2CCN(Cc3cc(-c4ccccc4F)nn3C)CC2)C1C. The summed E-state index contributed by atoms with van der Waals surface area (Å²) in [5, 5.41) is 7.74. The molecular weight excluding hydrogens is 395 g/mol. The summed E-state index contributed by atoms with van der Waals surface area (Å²) in [7, 11) is 1.90. The second-order valence-electron chi connectivity index (χ2n) is 8.82. The molecule has 3 heterocycles. The minimum Gasteiger partial charge on any atom is -0.352 e. The molecule has 168 valence electrons. The topological polar surface area (TPSA) is 74.2 Å². The number of likely N-dealkylation sites (tertiary alicyclic amines) is 1. The van der Waals surface area contributed by atoms with E-state index >= 15 is 0 Å². The Bertz CT molecular complexity index is 907. The smallest absolute Gasteiger partial charge is 0.239 e. The van der Waals surface area contributed by atoms with Crippen molar-refractivity contribution < 1.29 is 9.18 Å². The number of hydrazine groups is 1. The fraction of sp³-hybridized carbons (Fsp3) is 0.565. The predicted octanol–water partition coefficient (Wildman–Crippen LogP) is 2.20. The predicted molar refractivity (Wildman–Crippen MR) is 118 cm³/mol. The van der Waals surface area contributed by atoms with Crippen LogP contribution in [0.25, 0.3) is 11.3 Å². The minimum absolute atomic E-state index is 0.0931. The van der Waals surface area contributed by atoms with E-state index < -0.39 is 0 Å². The molecule has 2 aromatic rings. The summed E-state index contributed by atoms with van der Waals surface area (Å²) in [5.41, 5.74) is 8.63. The molecule has 2 saturated heterocycles. The Balaban J connectivity index is 1.29. The second kappa shape index (κ2) is 9.46. The van der Waals surface area contributed by atoms with E-state index in [-0.39, 0.29) is 29.7 Å². The zero-order valence-electron chi connectivity index (χ0n) is 18.6. The minimum atomic E-state index is -0.254. The van der Waals surface area contributed by atoms with Crippen molar-refractivity contribution >= 4 is 5.91 Å². The quantitative estimate of drug-likeness (QED) is 0.658. The Labute approximate surface area is 183 Å². The molecule has 3 unspecified atom stereocenters. The number of carbonyl (C=O) groups excluding carboxylic acids is 1. The fourth-order valence-corrected chi connectivity index (χ4v) is 4.68. The van der Waals surface area contributed by atoms with Crippen molar-refractivity contribution in [2.24, 2.45) is 13.0 Å². The van der Waals surface area contributed by atoms with E-state index in [0.717, 1.165) is 44.6 Å². The maximum absolute atomic E-state index is 14.1. The van der Waals surface area contributed by atoms with Gasteiger partial charge in [0.2, 0.25) is 5.91 Å². The van der Waals surface area contributed by atoms with E-state index in [1.165, 1.54) is 6.07 Å². The Morgan fingerprint density at radius 3 is 2.68 bits per heavy atom. The number of nitrogens with one attached hydrogen (secondary N) is 3. The van der Waals surface area contributed by atoms with E-state index in [4.69, 9.17) is 0 Å². The molecule has 2 aliphatic rings. The summed E-state index contributed by atoms with van der Waals surface area (Å²) in [6, 6.07) is 9.08. The lowest BCUT2D eigenvalue weighted by Crippen LogP contribution is -2.51. The molecule has 2 aliphatic heterocycles. The molecule has 0 spiro atoms. The van der Waals surface area contributed by atoms with Crippen LogP contribution in [-0.4, -0.2) is 51.8 Å². The number of amides is 1. The summed E-state index contributed by atoms with van der Waals surface area (Å²) in [5.74, 6) is 0.115. The summed E-state index contributed by atoms with van der Waals surface area (Å²) in [6.45, 7) is 6.84. The number of piperidine rings is 1. The van der Waals surface area contributed by atoms with Crippen LogP contribution in [0.4, 0.5) is 4.39 Å². The van der Waals surface area contributed by atoms with Crippen molar-refractivity contribution in [1.29, 1.82) is 0 Å². The number of halogens is 1. The molecule has 0 aliphatic carbocycles. The van der Waals surface area contributed by atoms with Crippen LogP contribution >= 0.6 is 0 Å². The third-order valence-electron chi connectivity index (χ3n) is 6.75. The molecule has 2 fully saturated rings. The molecule has 0 saturated carbocycles. The van der Waals surface area contributed by atoms with Crippen molar-refractivity contribution in [3.63, 3.8) is 0 Å². The molecule has 1 aromatic carbocycles. The van der Waals surface area contributed by atoms with Crippen molar-refractivity contribution in [3.8, 4) is 11.3 Å². The van der Waals surface area contributed by atoms with Gasteiger partial charge < -0.3 is 5.32 Å². The van der Waals surface area contributed by atoms with E-state index in [2.05, 4.69) is 40.0 Å². The summed E-state index contributed by atoms with van der Waals surface area (Å²) < 4.78 is 15.9. The Morgan fingerprint density at radius 2 is 2.00 bits per heavy atom. The highest BCUT2D eigenvalue weighted by Crippen LogP contribution is 2.23. The number of aromatic nitrogens is 2. The third kappa shape index (κ3) is 4.81. The van der Waals surface area contributed by atoms with Crippen LogP contribution in [0.1, 0.15) is 38.8 Å². The number of rotatable bonds is 6. The van der Waals surface area contributed by atoms with E-state index in [9.17, 15) is 9.18 Å². The molecule has 1 aromatic heterocycles. The van der Waals surface area contributed by atoms with Crippen LogP contribution in [0.2, 0.25) is 0 Å². The first-order chi connectivity index (χ1) is 15.0. The van der Waals surface area contributed by atoms with Gasteiger partial charge in [-0.15, -0.1) is 0 Å². The van der Waals surface area contributed by atoms with E-state index in [1.807, 2.05) is 23.9 Å². The molecule has 31 heavy (non-hydrogen) atoms. The van der Waals surface area contributed by atoms with Crippen LogP contribution in [0.5, 0.6) is 0 Å². The van der Waals surface area contributed by atoms with Gasteiger partial charge in [-0.3, -0.25) is 19.8 Å². The molecule has 7 nitrogen and oxygen atoms in total. The average Bonchev–Trinajstić information content (AvgIpc) is 3.32. The molecular formula is C23H33FN6O. The number of carbonyl (C=O) groups is 1. The zero-order chi connectivity index (χ0) is 22.0. The van der Waals surface area contributed by atoms with Gasteiger partial charge in [0.25, 0.3) is 0 Å². The van der Waals surface area contributed by atoms with Crippen LogP contribution in [0.15, 0.2) is 30.3 Å². The molecule has 8 heteroatoms. The highest BCUT2D eigenvalue weighted by atomic mass is 19.1. The van der Waals surface area contributed by atoms with Crippen LogP contribution in [-0.2, 0) is 18.4 Å². The largest absolute Gasteiger partial charge is 0.352 e. The van der Waals surface area contributed by atoms with Crippen molar-refractivity contribution in [2.45, 2.75) is 57.8 Å². The zero-order valence-corrected chi connectivity index (χ0v) is 18.6. The Morgan fingerprint density at radius 1 is 1.26 bits per heavy atom. The summed E-state index contributed by atoms with van der Waals surface area (Å²) in [6.07, 6.45) is 2.86. The van der Waals surface area contributed by atoms with Gasteiger partial charge in [-0.25, -0.2) is 9.82 Å². The van der Waals surface area contributed by atoms with E-state index in [1.54, 1.807) is 12.1 Å². The molecule has 3 N–H and O–H groups in total. The van der Waals surface area contributed by atoms with Crippen LogP contribution in [0, 0.1) is 11.7 Å². The first-order valence-electron chi connectivity index (χ1n) is 11.3. The highest BCUT2D eigenvalue weighted by molar-refractivity contribution is 5.82. The van der Waals surface area contributed by atoms with Crippen LogP contribution < -0.4 is 16.2 Å². The molecule has 1 amide bonds. The van der Waals surface area contributed by atoms with Gasteiger partial charge >= 0.3 is 0 Å². The number of hydrogen-bond acceptors (Lipinski definition) is 5. The van der Waals surface area contributed by atoms with Crippen LogP contribution in [0.3, 0.4) is 0 Å². The van der Waals surface area contributed by atoms with Gasteiger partial charge in [-0.2, -0.15) is 5.10 Å². The molecule has 4 rings (SSSR count). The van der Waals surface area contributed by atoms with Gasteiger partial charge in [0.05, 0.1) is 11.4 Å². The third-order valence-corrected chi connectivity index (χ3v) is 6.75. The maximum atomic E-state index is 14.1. The van der Waals surface area contributed by atoms with Crippen molar-refractivity contribution in [2.75, 3.05) is 13.1 Å². The van der Waals surface area contributed by atoms with Crippen molar-refractivity contribution in [1.82, 2.24) is 30.8 Å². The first kappa shape index (κ1) is 21.9. The molecule has 3 atom stereocenters. The standard InChI is InChI=1S/C23H33FN6O/c1-4-20-15(2)22(27-26-20)23(31)25-16-9-11-30(12-10-16)14-17-13-21(28-29(17)3)18-7-5-6-8-19(18)24/h5-8,13,15-16,20,22,26-27H,4,9-12,14H2,1-3H3,(H,25,31). The lowest BCUT2D eigenvalue weighted by atomic mass is 9.94. The van der Waals surface area contributed by atoms with Crippen molar-refractivity contribution in [3.05, 3.63) is 41.8 Å². The Kier molecular flexibility index (Phi) is 6.69. The van der Waals surface area contributed by atoms with Gasteiger partial charge in [0.1, 0.15) is 11.9 Å². The van der Waals surface area contributed by atoms with Gasteiger partial charge in [0, 0.05) is 44.3 Å². The number of aryl methyl sites for hydroxylation is 1. The highest BCUT2D eigenvalue weighted by Gasteiger charge is 2.36. The summed E-state index contributed by atoms with van der Waals surface area (Å²) >= 11 is 0. The average molecular weight is 429 g/mol. The van der Waals surface area contributed by atoms with Gasteiger partial charge in [0.15, 0.2) is 0 Å². The lowest BCUT2D eigenvalue weighted by Gasteiger charge is -2.33. The first-order valence-corrected chi connectivity index (χ1v) is 11.3. The van der Waals surface area contributed by atoms with Gasteiger partial charge in [-0.05, 0) is 43.4 Å². The lowest BCUT2D eigenvalue weighted by molar-refractivity contribution is -0.124. The van der Waals surface area contributed by atoms with E-state index in [0.29, 0.717) is 17.3 Å². The second-order valence-corrected chi connectivity index (χ2v) is 8.82.